The SMILES string of the molecule is CCOc1ccccc1[C@@H](C1CCC1)N1CCNCC1. The standard InChI is InChI=1S/C17H26N2O/c1-2-20-16-9-4-3-8-15(16)17(14-6-5-7-14)19-12-10-18-11-13-19/h3-4,8-9,14,17-18H,2,5-7,10-13H2,1H3/t17-/m1/s1. The first-order chi connectivity index (χ1) is 9.90. The molecule has 1 aromatic rings. The molecule has 1 saturated carbocycles. The van der Waals surface area contributed by atoms with Gasteiger partial charge in [-0.25, -0.2) is 0 Å². The molecule has 2 aliphatic rings. The Morgan fingerprint density at radius 2 is 2.00 bits per heavy atom. The topological polar surface area (TPSA) is 24.5 Å². The minimum absolute atomic E-state index is 0.550. The van der Waals surface area contributed by atoms with Gasteiger partial charge in [0.2, 0.25) is 0 Å². The van der Waals surface area contributed by atoms with Crippen molar-refractivity contribution in [1.82, 2.24) is 10.2 Å². The molecule has 3 rings (SSSR count). The van der Waals surface area contributed by atoms with Crippen molar-refractivity contribution >= 4 is 0 Å². The third-order valence-corrected chi connectivity index (χ3v) is 4.68. The van der Waals surface area contributed by atoms with Crippen LogP contribution in [0.2, 0.25) is 0 Å². The van der Waals surface area contributed by atoms with Gasteiger partial charge in [-0.3, -0.25) is 4.90 Å². The molecule has 1 saturated heterocycles. The number of para-hydroxylation sites is 1. The van der Waals surface area contributed by atoms with E-state index in [9.17, 15) is 0 Å². The lowest BCUT2D eigenvalue weighted by atomic mass is 9.76. The van der Waals surface area contributed by atoms with Crippen LogP contribution in [0.15, 0.2) is 24.3 Å². The summed E-state index contributed by atoms with van der Waals surface area (Å²) in [6, 6.07) is 9.20. The van der Waals surface area contributed by atoms with Gasteiger partial charge in [0.15, 0.2) is 0 Å². The molecule has 0 spiro atoms. The highest BCUT2D eigenvalue weighted by Gasteiger charge is 2.34. The van der Waals surface area contributed by atoms with Crippen molar-refractivity contribution in [3.63, 3.8) is 0 Å². The first-order valence-electron chi connectivity index (χ1n) is 8.06. The van der Waals surface area contributed by atoms with Crippen LogP contribution in [-0.4, -0.2) is 37.7 Å². The maximum Gasteiger partial charge on any atom is 0.124 e. The van der Waals surface area contributed by atoms with Crippen LogP contribution in [0.1, 0.15) is 37.8 Å². The Balaban J connectivity index is 1.87. The third-order valence-electron chi connectivity index (χ3n) is 4.68. The minimum Gasteiger partial charge on any atom is -0.494 e. The molecule has 0 unspecified atom stereocenters. The predicted molar refractivity (Wildman–Crippen MR) is 82.1 cm³/mol. The minimum atomic E-state index is 0.550. The first-order valence-corrected chi connectivity index (χ1v) is 8.06. The molecule has 0 radical (unpaired) electrons. The maximum absolute atomic E-state index is 5.89. The van der Waals surface area contributed by atoms with E-state index < -0.39 is 0 Å². The van der Waals surface area contributed by atoms with Crippen molar-refractivity contribution in [3.8, 4) is 5.75 Å². The summed E-state index contributed by atoms with van der Waals surface area (Å²) < 4.78 is 5.89. The van der Waals surface area contributed by atoms with Gasteiger partial charge < -0.3 is 10.1 Å². The highest BCUT2D eigenvalue weighted by atomic mass is 16.5. The summed E-state index contributed by atoms with van der Waals surface area (Å²) in [5.41, 5.74) is 1.40. The Morgan fingerprint density at radius 1 is 1.25 bits per heavy atom. The van der Waals surface area contributed by atoms with Gasteiger partial charge in [-0.1, -0.05) is 24.6 Å². The van der Waals surface area contributed by atoms with E-state index in [0.29, 0.717) is 6.04 Å². The largest absolute Gasteiger partial charge is 0.494 e. The van der Waals surface area contributed by atoms with Gasteiger partial charge >= 0.3 is 0 Å². The van der Waals surface area contributed by atoms with E-state index in [1.807, 2.05) is 0 Å². The molecule has 0 amide bonds. The van der Waals surface area contributed by atoms with E-state index in [2.05, 4.69) is 41.4 Å². The van der Waals surface area contributed by atoms with E-state index in [-0.39, 0.29) is 0 Å². The van der Waals surface area contributed by atoms with Crippen LogP contribution in [0.5, 0.6) is 5.75 Å². The van der Waals surface area contributed by atoms with Crippen molar-refractivity contribution in [3.05, 3.63) is 29.8 Å². The molecule has 0 bridgehead atoms. The quantitative estimate of drug-likeness (QED) is 0.893. The summed E-state index contributed by atoms with van der Waals surface area (Å²) in [6.07, 6.45) is 4.13. The third kappa shape index (κ3) is 2.84. The summed E-state index contributed by atoms with van der Waals surface area (Å²) >= 11 is 0. The monoisotopic (exact) mass is 274 g/mol. The number of benzene rings is 1. The second-order valence-corrected chi connectivity index (χ2v) is 5.89. The number of piperazine rings is 1. The van der Waals surface area contributed by atoms with Crippen LogP contribution in [0.4, 0.5) is 0 Å². The van der Waals surface area contributed by atoms with Gasteiger partial charge in [-0.05, 0) is 31.7 Å². The van der Waals surface area contributed by atoms with E-state index in [1.165, 1.54) is 24.8 Å². The van der Waals surface area contributed by atoms with Crippen LogP contribution in [-0.2, 0) is 0 Å². The smallest absolute Gasteiger partial charge is 0.124 e. The maximum atomic E-state index is 5.89. The van der Waals surface area contributed by atoms with Crippen LogP contribution >= 0.6 is 0 Å². The molecule has 110 valence electrons. The lowest BCUT2D eigenvalue weighted by Crippen LogP contribution is -2.47. The molecule has 2 fully saturated rings. The highest BCUT2D eigenvalue weighted by Crippen LogP contribution is 2.44. The molecule has 1 N–H and O–H groups in total. The Bertz CT molecular complexity index is 425. The molecular weight excluding hydrogens is 248 g/mol. The van der Waals surface area contributed by atoms with Crippen LogP contribution < -0.4 is 10.1 Å². The Hall–Kier alpha value is -1.06. The lowest BCUT2D eigenvalue weighted by Gasteiger charge is -2.43. The van der Waals surface area contributed by atoms with Crippen molar-refractivity contribution in [1.29, 1.82) is 0 Å². The van der Waals surface area contributed by atoms with Gasteiger partial charge in [0.1, 0.15) is 5.75 Å². The van der Waals surface area contributed by atoms with Crippen molar-refractivity contribution < 1.29 is 4.74 Å². The summed E-state index contributed by atoms with van der Waals surface area (Å²) in [5.74, 6) is 1.90. The van der Waals surface area contributed by atoms with Crippen molar-refractivity contribution in [2.24, 2.45) is 5.92 Å². The summed E-state index contributed by atoms with van der Waals surface area (Å²) in [6.45, 7) is 7.35. The second kappa shape index (κ2) is 6.59. The van der Waals surface area contributed by atoms with Gasteiger partial charge in [0.25, 0.3) is 0 Å². The summed E-state index contributed by atoms with van der Waals surface area (Å²) in [4.78, 5) is 2.66. The van der Waals surface area contributed by atoms with Gasteiger partial charge in [0, 0.05) is 37.8 Å². The zero-order valence-electron chi connectivity index (χ0n) is 12.5. The average Bonchev–Trinajstić information content (AvgIpc) is 2.45. The number of hydrogen-bond donors (Lipinski definition) is 1. The van der Waals surface area contributed by atoms with Crippen LogP contribution in [0, 0.1) is 5.92 Å². The predicted octanol–water partition coefficient (Wildman–Crippen LogP) is 2.83. The molecule has 1 aliphatic heterocycles. The molecule has 0 aromatic heterocycles. The molecule has 1 atom stereocenters. The second-order valence-electron chi connectivity index (χ2n) is 5.89. The average molecular weight is 274 g/mol. The van der Waals surface area contributed by atoms with Gasteiger partial charge in [-0.15, -0.1) is 0 Å². The molecule has 3 heteroatoms. The fourth-order valence-corrected chi connectivity index (χ4v) is 3.48. The molecule has 1 heterocycles. The number of hydrogen-bond acceptors (Lipinski definition) is 3. The highest BCUT2D eigenvalue weighted by molar-refractivity contribution is 5.37. The van der Waals surface area contributed by atoms with Crippen LogP contribution in [0.25, 0.3) is 0 Å². The zero-order valence-corrected chi connectivity index (χ0v) is 12.5. The van der Waals surface area contributed by atoms with E-state index in [4.69, 9.17) is 4.74 Å². The number of rotatable bonds is 5. The fraction of sp³-hybridized carbons (Fsp3) is 0.647. The van der Waals surface area contributed by atoms with Crippen molar-refractivity contribution in [2.45, 2.75) is 32.2 Å². The summed E-state index contributed by atoms with van der Waals surface area (Å²) in [7, 11) is 0. The molecule has 1 aliphatic carbocycles. The normalized spacial score (nSPS) is 22.2. The number of nitrogens with one attached hydrogen (secondary N) is 1. The molecule has 3 nitrogen and oxygen atoms in total. The van der Waals surface area contributed by atoms with Gasteiger partial charge in [-0.2, -0.15) is 0 Å². The lowest BCUT2D eigenvalue weighted by molar-refractivity contribution is 0.0814. The Kier molecular flexibility index (Phi) is 4.58. The fourth-order valence-electron chi connectivity index (χ4n) is 3.48. The molecule has 20 heavy (non-hydrogen) atoms. The van der Waals surface area contributed by atoms with E-state index in [0.717, 1.165) is 44.5 Å². The Morgan fingerprint density at radius 3 is 2.65 bits per heavy atom. The van der Waals surface area contributed by atoms with E-state index >= 15 is 0 Å². The first kappa shape index (κ1) is 13.9. The molecular formula is C17H26N2O. The molecule has 1 aromatic carbocycles. The summed E-state index contributed by atoms with van der Waals surface area (Å²) in [5, 5.41) is 3.46. The van der Waals surface area contributed by atoms with E-state index in [1.54, 1.807) is 0 Å². The van der Waals surface area contributed by atoms with Crippen molar-refractivity contribution in [2.75, 3.05) is 32.8 Å². The van der Waals surface area contributed by atoms with Gasteiger partial charge in [0.05, 0.1) is 6.61 Å². The number of ether oxygens (including phenoxy) is 1. The zero-order chi connectivity index (χ0) is 13.8. The Labute approximate surface area is 122 Å². The van der Waals surface area contributed by atoms with Crippen LogP contribution in [0.3, 0.4) is 0 Å². The number of nitrogens with zero attached hydrogens (tertiary/aromatic N) is 1.